The molecule has 1 aliphatic rings. The molecule has 2 aromatic carbocycles. The molecule has 1 aliphatic heterocycles. The Bertz CT molecular complexity index is 1080. The van der Waals surface area contributed by atoms with Gasteiger partial charge in [-0.2, -0.15) is 4.31 Å². The molecule has 0 saturated heterocycles. The second-order valence-corrected chi connectivity index (χ2v) is 8.36. The number of carbonyl (C=O) groups excluding carboxylic acids is 1. The maximum Gasteiger partial charge on any atom is 0.243 e. The van der Waals surface area contributed by atoms with Crippen molar-refractivity contribution in [2.24, 2.45) is 0 Å². The van der Waals surface area contributed by atoms with Gasteiger partial charge in [-0.25, -0.2) is 8.42 Å². The molecule has 0 unspecified atom stereocenters. The first-order valence-corrected chi connectivity index (χ1v) is 9.85. The number of amides is 1. The molecule has 0 radical (unpaired) electrons. The third kappa shape index (κ3) is 2.89. The summed E-state index contributed by atoms with van der Waals surface area (Å²) in [5.41, 5.74) is 3.77. The van der Waals surface area contributed by atoms with E-state index in [1.807, 2.05) is 18.2 Å². The number of sulfonamides is 1. The monoisotopic (exact) mass is 369 g/mol. The van der Waals surface area contributed by atoms with E-state index in [1.165, 1.54) is 34.3 Å². The van der Waals surface area contributed by atoms with Gasteiger partial charge in [-0.15, -0.1) is 0 Å². The van der Waals surface area contributed by atoms with Crippen LogP contribution >= 0.6 is 0 Å². The van der Waals surface area contributed by atoms with Crippen molar-refractivity contribution in [3.8, 4) is 0 Å². The van der Waals surface area contributed by atoms with Crippen LogP contribution in [0.15, 0.2) is 53.4 Å². The van der Waals surface area contributed by atoms with Gasteiger partial charge >= 0.3 is 0 Å². The molecule has 2 N–H and O–H groups in total. The highest BCUT2D eigenvalue weighted by atomic mass is 32.2. The summed E-state index contributed by atoms with van der Waals surface area (Å²) >= 11 is 0. The van der Waals surface area contributed by atoms with E-state index in [4.69, 9.17) is 0 Å². The predicted octanol–water partition coefficient (Wildman–Crippen LogP) is 2.87. The third-order valence-electron chi connectivity index (χ3n) is 4.66. The Morgan fingerprint density at radius 3 is 2.58 bits per heavy atom. The molecule has 0 aliphatic carbocycles. The van der Waals surface area contributed by atoms with Crippen molar-refractivity contribution in [1.82, 2.24) is 9.29 Å². The van der Waals surface area contributed by atoms with E-state index in [1.54, 1.807) is 12.1 Å². The lowest BCUT2D eigenvalue weighted by molar-refractivity contribution is -0.114. The van der Waals surface area contributed by atoms with Crippen LogP contribution in [0.25, 0.3) is 10.9 Å². The van der Waals surface area contributed by atoms with E-state index in [-0.39, 0.29) is 10.8 Å². The zero-order chi connectivity index (χ0) is 18.3. The number of hydrogen-bond acceptors (Lipinski definition) is 3. The Labute approximate surface area is 151 Å². The topological polar surface area (TPSA) is 82.3 Å². The van der Waals surface area contributed by atoms with Gasteiger partial charge in [-0.1, -0.05) is 18.2 Å². The lowest BCUT2D eigenvalue weighted by Crippen LogP contribution is -2.35. The van der Waals surface area contributed by atoms with Crippen molar-refractivity contribution < 1.29 is 13.2 Å². The van der Waals surface area contributed by atoms with Crippen LogP contribution in [0.2, 0.25) is 0 Å². The number of benzene rings is 2. The van der Waals surface area contributed by atoms with Gasteiger partial charge in [0.05, 0.1) is 11.4 Å². The van der Waals surface area contributed by atoms with Gasteiger partial charge in [0, 0.05) is 35.8 Å². The Hall–Kier alpha value is -2.64. The van der Waals surface area contributed by atoms with Crippen LogP contribution < -0.4 is 5.32 Å². The summed E-state index contributed by atoms with van der Waals surface area (Å²) in [7, 11) is -3.59. The van der Waals surface area contributed by atoms with E-state index in [0.29, 0.717) is 25.2 Å². The summed E-state index contributed by atoms with van der Waals surface area (Å²) in [6.45, 7) is 2.20. The molecule has 26 heavy (non-hydrogen) atoms. The number of hydrogen-bond donors (Lipinski definition) is 2. The average Bonchev–Trinajstić information content (AvgIpc) is 2.99. The number of anilines is 1. The Morgan fingerprint density at radius 2 is 1.85 bits per heavy atom. The fraction of sp³-hybridized carbons (Fsp3) is 0.211. The lowest BCUT2D eigenvalue weighted by atomic mass is 10.1. The molecule has 0 fully saturated rings. The van der Waals surface area contributed by atoms with E-state index < -0.39 is 10.0 Å². The van der Waals surface area contributed by atoms with Gasteiger partial charge in [0.2, 0.25) is 15.9 Å². The summed E-state index contributed by atoms with van der Waals surface area (Å²) in [6.07, 6.45) is 0.683. The maximum atomic E-state index is 13.0. The number of para-hydroxylation sites is 1. The normalized spacial score (nSPS) is 15.0. The van der Waals surface area contributed by atoms with Crippen LogP contribution in [0.4, 0.5) is 5.69 Å². The van der Waals surface area contributed by atoms with Gasteiger partial charge in [0.15, 0.2) is 0 Å². The number of carbonyl (C=O) groups is 1. The van der Waals surface area contributed by atoms with Crippen LogP contribution in [-0.2, 0) is 27.8 Å². The number of fused-ring (bicyclic) bond motifs is 3. The minimum absolute atomic E-state index is 0.192. The van der Waals surface area contributed by atoms with Crippen LogP contribution in [0, 0.1) is 0 Å². The van der Waals surface area contributed by atoms with Crippen molar-refractivity contribution >= 4 is 32.5 Å². The minimum atomic E-state index is -3.59. The molecule has 4 rings (SSSR count). The van der Waals surface area contributed by atoms with Crippen molar-refractivity contribution in [2.75, 3.05) is 11.9 Å². The largest absolute Gasteiger partial charge is 0.357 e. The molecular weight excluding hydrogens is 350 g/mol. The number of rotatable bonds is 3. The van der Waals surface area contributed by atoms with Gasteiger partial charge in [0.1, 0.15) is 0 Å². The number of H-pyrrole nitrogens is 1. The number of nitrogens with one attached hydrogen (secondary N) is 2. The fourth-order valence-electron chi connectivity index (χ4n) is 3.44. The summed E-state index contributed by atoms with van der Waals surface area (Å²) in [4.78, 5) is 14.7. The minimum Gasteiger partial charge on any atom is -0.357 e. The van der Waals surface area contributed by atoms with Gasteiger partial charge < -0.3 is 10.3 Å². The van der Waals surface area contributed by atoms with E-state index in [0.717, 1.165) is 11.2 Å². The fourth-order valence-corrected chi connectivity index (χ4v) is 4.84. The Balaban J connectivity index is 1.62. The van der Waals surface area contributed by atoms with Crippen molar-refractivity contribution in [3.05, 3.63) is 59.8 Å². The zero-order valence-corrected chi connectivity index (χ0v) is 15.1. The molecule has 1 amide bonds. The van der Waals surface area contributed by atoms with E-state index >= 15 is 0 Å². The van der Waals surface area contributed by atoms with Gasteiger partial charge in [-0.05, 0) is 42.3 Å². The highest BCUT2D eigenvalue weighted by Crippen LogP contribution is 2.30. The molecule has 6 nitrogen and oxygen atoms in total. The van der Waals surface area contributed by atoms with Crippen LogP contribution in [0.3, 0.4) is 0 Å². The third-order valence-corrected chi connectivity index (χ3v) is 6.52. The first kappa shape index (κ1) is 16.8. The Kier molecular flexibility index (Phi) is 4.05. The second kappa shape index (κ2) is 6.26. The highest BCUT2D eigenvalue weighted by Gasteiger charge is 2.30. The molecule has 0 bridgehead atoms. The maximum absolute atomic E-state index is 13.0. The highest BCUT2D eigenvalue weighted by molar-refractivity contribution is 7.89. The molecule has 0 saturated carbocycles. The molecule has 7 heteroatoms. The zero-order valence-electron chi connectivity index (χ0n) is 14.3. The van der Waals surface area contributed by atoms with Crippen molar-refractivity contribution in [2.45, 2.75) is 24.8 Å². The van der Waals surface area contributed by atoms with E-state index in [9.17, 15) is 13.2 Å². The summed E-state index contributed by atoms with van der Waals surface area (Å²) in [5.74, 6) is -0.192. The lowest BCUT2D eigenvalue weighted by Gasteiger charge is -2.26. The summed E-state index contributed by atoms with van der Waals surface area (Å²) in [6, 6.07) is 14.3. The van der Waals surface area contributed by atoms with Crippen LogP contribution in [0.1, 0.15) is 18.2 Å². The Morgan fingerprint density at radius 1 is 1.12 bits per heavy atom. The molecular formula is C19H19N3O3S. The number of aromatic amines is 1. The smallest absolute Gasteiger partial charge is 0.243 e. The van der Waals surface area contributed by atoms with Gasteiger partial charge in [-0.3, -0.25) is 4.79 Å². The molecule has 3 aromatic rings. The standard InChI is InChI=1S/C19H19N3O3S/c1-13(23)20-14-6-8-15(9-7-14)26(24,25)22-11-10-17-16-4-2-3-5-18(16)21-19(17)12-22/h2-9,21H,10-12H2,1H3,(H,20,23). The quantitative estimate of drug-likeness (QED) is 0.745. The molecule has 2 heterocycles. The molecule has 134 valence electrons. The molecule has 0 spiro atoms. The SMILES string of the molecule is CC(=O)Nc1ccc(S(=O)(=O)N2CCc3c([nH]c4ccccc34)C2)cc1. The first-order chi connectivity index (χ1) is 12.4. The summed E-state index contributed by atoms with van der Waals surface area (Å²) < 4.78 is 27.4. The van der Waals surface area contributed by atoms with Crippen LogP contribution in [0.5, 0.6) is 0 Å². The van der Waals surface area contributed by atoms with Crippen molar-refractivity contribution in [1.29, 1.82) is 0 Å². The van der Waals surface area contributed by atoms with Crippen molar-refractivity contribution in [3.63, 3.8) is 0 Å². The van der Waals surface area contributed by atoms with E-state index in [2.05, 4.69) is 16.4 Å². The summed E-state index contributed by atoms with van der Waals surface area (Å²) in [5, 5.41) is 3.80. The van der Waals surface area contributed by atoms with Gasteiger partial charge in [0.25, 0.3) is 0 Å². The number of aromatic nitrogens is 1. The first-order valence-electron chi connectivity index (χ1n) is 8.41. The molecule has 0 atom stereocenters. The number of nitrogens with zero attached hydrogens (tertiary/aromatic N) is 1. The second-order valence-electron chi connectivity index (χ2n) is 6.42. The molecule has 1 aromatic heterocycles. The predicted molar refractivity (Wildman–Crippen MR) is 100 cm³/mol. The average molecular weight is 369 g/mol. The van der Waals surface area contributed by atoms with Crippen LogP contribution in [-0.4, -0.2) is 30.2 Å².